The molecule has 1 aromatic carbocycles. The van der Waals surface area contributed by atoms with E-state index in [-0.39, 0.29) is 5.41 Å². The fraction of sp³-hybridized carbons (Fsp3) is 0.286. The first kappa shape index (κ1) is 13.4. The molecule has 0 radical (unpaired) electrons. The SMILES string of the molecule is CC(C)(C)c1nn(-c2ccc(C#N)cc2)c(N)c1Cl. The summed E-state index contributed by atoms with van der Waals surface area (Å²) in [6, 6.07) is 9.11. The van der Waals surface area contributed by atoms with Crippen molar-refractivity contribution in [1.82, 2.24) is 9.78 Å². The van der Waals surface area contributed by atoms with E-state index in [2.05, 4.69) is 11.2 Å². The van der Waals surface area contributed by atoms with Crippen LogP contribution >= 0.6 is 11.6 Å². The zero-order valence-corrected chi connectivity index (χ0v) is 11.9. The molecule has 2 aromatic rings. The van der Waals surface area contributed by atoms with Gasteiger partial charge in [0.25, 0.3) is 0 Å². The summed E-state index contributed by atoms with van der Waals surface area (Å²) in [4.78, 5) is 0. The Morgan fingerprint density at radius 1 is 1.26 bits per heavy atom. The molecular weight excluding hydrogens is 260 g/mol. The zero-order valence-electron chi connectivity index (χ0n) is 11.1. The average Bonchev–Trinajstić information content (AvgIpc) is 2.66. The first-order chi connectivity index (χ1) is 8.84. The molecule has 2 rings (SSSR count). The molecule has 1 heterocycles. The Hall–Kier alpha value is -1.99. The lowest BCUT2D eigenvalue weighted by Crippen LogP contribution is -2.13. The van der Waals surface area contributed by atoms with Crippen molar-refractivity contribution in [3.8, 4) is 11.8 Å². The Balaban J connectivity index is 2.54. The van der Waals surface area contributed by atoms with Crippen molar-refractivity contribution in [3.05, 3.63) is 40.5 Å². The third-order valence-corrected chi connectivity index (χ3v) is 3.18. The minimum Gasteiger partial charge on any atom is -0.382 e. The summed E-state index contributed by atoms with van der Waals surface area (Å²) in [5, 5.41) is 13.8. The van der Waals surface area contributed by atoms with Crippen molar-refractivity contribution >= 4 is 17.4 Å². The van der Waals surface area contributed by atoms with E-state index in [9.17, 15) is 0 Å². The Kier molecular flexibility index (Phi) is 3.25. The minimum atomic E-state index is -0.178. The molecule has 0 bridgehead atoms. The summed E-state index contributed by atoms with van der Waals surface area (Å²) in [5.74, 6) is 0.413. The molecule has 0 aliphatic carbocycles. The minimum absolute atomic E-state index is 0.178. The topological polar surface area (TPSA) is 67.6 Å². The van der Waals surface area contributed by atoms with Crippen LogP contribution in [0.5, 0.6) is 0 Å². The van der Waals surface area contributed by atoms with Crippen LogP contribution in [0.3, 0.4) is 0 Å². The van der Waals surface area contributed by atoms with Crippen LogP contribution in [0.25, 0.3) is 5.69 Å². The molecule has 0 saturated heterocycles. The van der Waals surface area contributed by atoms with E-state index in [1.165, 1.54) is 0 Å². The number of nitrogens with zero attached hydrogens (tertiary/aromatic N) is 3. The highest BCUT2D eigenvalue weighted by molar-refractivity contribution is 6.33. The molecule has 5 heteroatoms. The maximum atomic E-state index is 8.79. The van der Waals surface area contributed by atoms with Crippen LogP contribution < -0.4 is 5.73 Å². The molecule has 0 fully saturated rings. The van der Waals surface area contributed by atoms with Crippen LogP contribution in [-0.4, -0.2) is 9.78 Å². The Morgan fingerprint density at radius 2 is 1.84 bits per heavy atom. The maximum Gasteiger partial charge on any atom is 0.146 e. The van der Waals surface area contributed by atoms with E-state index >= 15 is 0 Å². The second-order valence-electron chi connectivity index (χ2n) is 5.37. The fourth-order valence-corrected chi connectivity index (χ4v) is 2.17. The number of halogens is 1. The average molecular weight is 275 g/mol. The van der Waals surface area contributed by atoms with Gasteiger partial charge in [-0.3, -0.25) is 0 Å². The summed E-state index contributed by atoms with van der Waals surface area (Å²) in [6.45, 7) is 6.09. The molecule has 0 atom stereocenters. The number of hydrogen-bond acceptors (Lipinski definition) is 3. The molecule has 0 aliphatic heterocycles. The molecule has 0 unspecified atom stereocenters. The third kappa shape index (κ3) is 2.42. The quantitative estimate of drug-likeness (QED) is 0.868. The highest BCUT2D eigenvalue weighted by Gasteiger charge is 2.25. The summed E-state index contributed by atoms with van der Waals surface area (Å²) in [6.07, 6.45) is 0. The van der Waals surface area contributed by atoms with Crippen LogP contribution in [0.2, 0.25) is 5.02 Å². The maximum absolute atomic E-state index is 8.79. The van der Waals surface area contributed by atoms with Crippen LogP contribution in [0.1, 0.15) is 32.0 Å². The Morgan fingerprint density at radius 3 is 2.26 bits per heavy atom. The van der Waals surface area contributed by atoms with E-state index in [4.69, 9.17) is 22.6 Å². The number of aromatic nitrogens is 2. The van der Waals surface area contributed by atoms with Gasteiger partial charge in [0.15, 0.2) is 0 Å². The van der Waals surface area contributed by atoms with E-state index in [1.807, 2.05) is 20.8 Å². The molecule has 4 nitrogen and oxygen atoms in total. The number of rotatable bonds is 1. The first-order valence-corrected chi connectivity index (χ1v) is 6.27. The molecule has 0 spiro atoms. The predicted molar refractivity (Wildman–Crippen MR) is 76.4 cm³/mol. The van der Waals surface area contributed by atoms with Crippen molar-refractivity contribution in [2.24, 2.45) is 0 Å². The molecule has 1 aromatic heterocycles. The molecule has 0 aliphatic rings. The molecular formula is C14H15ClN4. The monoisotopic (exact) mass is 274 g/mol. The zero-order chi connectivity index (χ0) is 14.2. The van der Waals surface area contributed by atoms with Gasteiger partial charge in [-0.05, 0) is 24.3 Å². The van der Waals surface area contributed by atoms with Crippen molar-refractivity contribution in [2.45, 2.75) is 26.2 Å². The lowest BCUT2D eigenvalue weighted by Gasteiger charge is -2.15. The molecule has 19 heavy (non-hydrogen) atoms. The summed E-state index contributed by atoms with van der Waals surface area (Å²) in [5.41, 5.74) is 7.97. The standard InChI is InChI=1S/C14H15ClN4/c1-14(2,3)12-11(15)13(17)19(18-12)10-6-4-9(8-16)5-7-10/h4-7H,17H2,1-3H3. The largest absolute Gasteiger partial charge is 0.382 e. The van der Waals surface area contributed by atoms with Crippen LogP contribution in [0.4, 0.5) is 5.82 Å². The van der Waals surface area contributed by atoms with Gasteiger partial charge in [0.2, 0.25) is 0 Å². The van der Waals surface area contributed by atoms with Gasteiger partial charge < -0.3 is 5.73 Å². The normalized spacial score (nSPS) is 11.3. The third-order valence-electron chi connectivity index (χ3n) is 2.81. The first-order valence-electron chi connectivity index (χ1n) is 5.89. The van der Waals surface area contributed by atoms with Gasteiger partial charge in [-0.1, -0.05) is 32.4 Å². The fourth-order valence-electron chi connectivity index (χ4n) is 1.77. The summed E-state index contributed by atoms with van der Waals surface area (Å²) in [7, 11) is 0. The lowest BCUT2D eigenvalue weighted by atomic mass is 9.92. The Labute approximate surface area is 117 Å². The van der Waals surface area contributed by atoms with Crippen LogP contribution in [-0.2, 0) is 5.41 Å². The van der Waals surface area contributed by atoms with Gasteiger partial charge in [-0.15, -0.1) is 0 Å². The van der Waals surface area contributed by atoms with Crippen molar-refractivity contribution in [2.75, 3.05) is 5.73 Å². The highest BCUT2D eigenvalue weighted by Crippen LogP contribution is 2.33. The van der Waals surface area contributed by atoms with Crippen molar-refractivity contribution in [3.63, 3.8) is 0 Å². The smallest absolute Gasteiger partial charge is 0.146 e. The predicted octanol–water partition coefficient (Wildman–Crippen LogP) is 3.28. The van der Waals surface area contributed by atoms with Gasteiger partial charge in [0.05, 0.1) is 23.0 Å². The molecule has 2 N–H and O–H groups in total. The van der Waals surface area contributed by atoms with Gasteiger partial charge >= 0.3 is 0 Å². The van der Waals surface area contributed by atoms with Crippen LogP contribution in [0.15, 0.2) is 24.3 Å². The van der Waals surface area contributed by atoms with E-state index in [1.54, 1.807) is 28.9 Å². The molecule has 98 valence electrons. The number of anilines is 1. The van der Waals surface area contributed by atoms with Crippen molar-refractivity contribution < 1.29 is 0 Å². The number of nitrogen functional groups attached to an aromatic ring is 1. The second-order valence-corrected chi connectivity index (χ2v) is 5.75. The highest BCUT2D eigenvalue weighted by atomic mass is 35.5. The number of nitriles is 1. The van der Waals surface area contributed by atoms with Crippen molar-refractivity contribution in [1.29, 1.82) is 5.26 Å². The van der Waals surface area contributed by atoms with Gasteiger partial charge in [0, 0.05) is 5.41 Å². The number of nitrogens with two attached hydrogens (primary N) is 1. The number of hydrogen-bond donors (Lipinski definition) is 1. The number of benzene rings is 1. The van der Waals surface area contributed by atoms with Gasteiger partial charge in [-0.25, -0.2) is 4.68 Å². The van der Waals surface area contributed by atoms with E-state index < -0.39 is 0 Å². The molecule has 0 amide bonds. The molecule has 0 saturated carbocycles. The van der Waals surface area contributed by atoms with E-state index in [0.29, 0.717) is 16.4 Å². The van der Waals surface area contributed by atoms with Gasteiger partial charge in [-0.2, -0.15) is 10.4 Å². The van der Waals surface area contributed by atoms with Crippen LogP contribution in [0, 0.1) is 11.3 Å². The summed E-state index contributed by atoms with van der Waals surface area (Å²) < 4.78 is 1.60. The second kappa shape index (κ2) is 4.60. The van der Waals surface area contributed by atoms with Gasteiger partial charge in [0.1, 0.15) is 10.8 Å². The summed E-state index contributed by atoms with van der Waals surface area (Å²) >= 11 is 6.25. The lowest BCUT2D eigenvalue weighted by molar-refractivity contribution is 0.560. The van der Waals surface area contributed by atoms with E-state index in [0.717, 1.165) is 11.4 Å². The Bertz CT molecular complexity index is 642.